The zero-order valence-electron chi connectivity index (χ0n) is 9.54. The van der Waals surface area contributed by atoms with Crippen molar-refractivity contribution in [3.8, 4) is 0 Å². The number of ether oxygens (including phenoxy) is 1. The first-order valence-corrected chi connectivity index (χ1v) is 5.21. The van der Waals surface area contributed by atoms with E-state index >= 15 is 0 Å². The highest BCUT2D eigenvalue weighted by molar-refractivity contribution is 5.91. The summed E-state index contributed by atoms with van der Waals surface area (Å²) >= 11 is 0. The fourth-order valence-electron chi connectivity index (χ4n) is 2.07. The van der Waals surface area contributed by atoms with E-state index in [9.17, 15) is 18.0 Å². The summed E-state index contributed by atoms with van der Waals surface area (Å²) in [5.41, 5.74) is 4.38. The van der Waals surface area contributed by atoms with E-state index in [0.29, 0.717) is 11.1 Å². The maximum Gasteiger partial charge on any atom is 0.392 e. The van der Waals surface area contributed by atoms with Crippen LogP contribution in [0.1, 0.15) is 35.0 Å². The molecule has 2 rings (SSSR count). The summed E-state index contributed by atoms with van der Waals surface area (Å²) in [6.07, 6.45) is -4.14. The molecule has 2 N–H and O–H groups in total. The van der Waals surface area contributed by atoms with Gasteiger partial charge in [-0.2, -0.15) is 13.2 Å². The molecule has 1 aromatic rings. The van der Waals surface area contributed by atoms with Gasteiger partial charge in [0.2, 0.25) is 0 Å². The van der Waals surface area contributed by atoms with Crippen molar-refractivity contribution < 1.29 is 22.7 Å². The Morgan fingerprint density at radius 3 is 2.83 bits per heavy atom. The third-order valence-electron chi connectivity index (χ3n) is 2.89. The Hall–Kier alpha value is -1.63. The van der Waals surface area contributed by atoms with Gasteiger partial charge in [0, 0.05) is 11.8 Å². The van der Waals surface area contributed by atoms with E-state index in [4.69, 9.17) is 10.5 Å². The number of rotatable bonds is 2. The van der Waals surface area contributed by atoms with Gasteiger partial charge in [-0.05, 0) is 18.6 Å². The number of pyridine rings is 1. The van der Waals surface area contributed by atoms with Crippen molar-refractivity contribution in [1.29, 1.82) is 0 Å². The molecule has 0 saturated carbocycles. The van der Waals surface area contributed by atoms with Crippen LogP contribution < -0.4 is 5.73 Å². The van der Waals surface area contributed by atoms with Gasteiger partial charge in [0.1, 0.15) is 5.69 Å². The molecule has 1 aromatic heterocycles. The Kier molecular flexibility index (Phi) is 2.81. The maximum absolute atomic E-state index is 12.5. The van der Waals surface area contributed by atoms with Crippen LogP contribution in [0, 0.1) is 0 Å². The van der Waals surface area contributed by atoms with Gasteiger partial charge < -0.3 is 10.5 Å². The number of fused-ring (bicyclic) bond motifs is 1. The third-order valence-corrected chi connectivity index (χ3v) is 2.89. The number of primary amides is 1. The number of aromatic nitrogens is 1. The van der Waals surface area contributed by atoms with Crippen molar-refractivity contribution in [2.75, 3.05) is 0 Å². The fourth-order valence-corrected chi connectivity index (χ4v) is 2.07. The molecule has 0 saturated heterocycles. The molecule has 2 heterocycles. The topological polar surface area (TPSA) is 65.2 Å². The van der Waals surface area contributed by atoms with Crippen LogP contribution in [-0.4, -0.2) is 17.1 Å². The van der Waals surface area contributed by atoms with Crippen LogP contribution >= 0.6 is 0 Å². The largest absolute Gasteiger partial charge is 0.392 e. The van der Waals surface area contributed by atoms with Gasteiger partial charge in [0.05, 0.1) is 18.6 Å². The number of alkyl halides is 3. The van der Waals surface area contributed by atoms with E-state index in [1.807, 2.05) is 0 Å². The zero-order valence-corrected chi connectivity index (χ0v) is 9.54. The van der Waals surface area contributed by atoms with Crippen LogP contribution in [0.15, 0.2) is 12.3 Å². The van der Waals surface area contributed by atoms with Crippen molar-refractivity contribution >= 4 is 5.91 Å². The Balaban J connectivity index is 2.42. The molecule has 0 spiro atoms. The average molecular weight is 260 g/mol. The summed E-state index contributed by atoms with van der Waals surface area (Å²) in [6.45, 7) is 1.39. The number of hydrogen-bond acceptors (Lipinski definition) is 3. The SMILES string of the molecule is CC1(CC(F)(F)F)OCc2cnc(C(N)=O)cc21. The lowest BCUT2D eigenvalue weighted by Crippen LogP contribution is -2.29. The molecular weight excluding hydrogens is 249 g/mol. The first kappa shape index (κ1) is 12.8. The Labute approximate surface area is 101 Å². The average Bonchev–Trinajstić information content (AvgIpc) is 2.53. The molecule has 1 aliphatic rings. The molecular formula is C11H11F3N2O2. The lowest BCUT2D eigenvalue weighted by Gasteiger charge is -2.26. The molecule has 18 heavy (non-hydrogen) atoms. The van der Waals surface area contributed by atoms with E-state index < -0.39 is 24.1 Å². The quantitative estimate of drug-likeness (QED) is 0.882. The van der Waals surface area contributed by atoms with Gasteiger partial charge in [-0.25, -0.2) is 0 Å². The molecule has 98 valence electrons. The van der Waals surface area contributed by atoms with Gasteiger partial charge >= 0.3 is 6.18 Å². The fraction of sp³-hybridized carbons (Fsp3) is 0.455. The van der Waals surface area contributed by atoms with Crippen molar-refractivity contribution in [2.45, 2.75) is 31.7 Å². The summed E-state index contributed by atoms with van der Waals surface area (Å²) in [5.74, 6) is -0.779. The second-order valence-corrected chi connectivity index (χ2v) is 4.40. The minimum atomic E-state index is -4.35. The molecule has 1 unspecified atom stereocenters. The van der Waals surface area contributed by atoms with Gasteiger partial charge in [-0.1, -0.05) is 0 Å². The van der Waals surface area contributed by atoms with Gasteiger partial charge in [0.25, 0.3) is 5.91 Å². The smallest absolute Gasteiger partial charge is 0.365 e. The normalized spacial score (nSPS) is 22.9. The Morgan fingerprint density at radius 1 is 1.61 bits per heavy atom. The number of amides is 1. The molecule has 7 heteroatoms. The van der Waals surface area contributed by atoms with E-state index in [0.717, 1.165) is 0 Å². The third kappa shape index (κ3) is 2.31. The van der Waals surface area contributed by atoms with Crippen LogP contribution in [0.4, 0.5) is 13.2 Å². The molecule has 1 amide bonds. The molecule has 0 radical (unpaired) electrons. The van der Waals surface area contributed by atoms with E-state index in [2.05, 4.69) is 4.98 Å². The molecule has 4 nitrogen and oxygen atoms in total. The number of nitrogens with zero attached hydrogens (tertiary/aromatic N) is 1. The predicted octanol–water partition coefficient (Wildman–Crippen LogP) is 1.88. The predicted molar refractivity (Wildman–Crippen MR) is 55.6 cm³/mol. The summed E-state index contributed by atoms with van der Waals surface area (Å²) in [4.78, 5) is 14.8. The summed E-state index contributed by atoms with van der Waals surface area (Å²) in [5, 5.41) is 0. The molecule has 0 fully saturated rings. The van der Waals surface area contributed by atoms with Crippen molar-refractivity contribution in [3.05, 3.63) is 29.1 Å². The maximum atomic E-state index is 12.5. The van der Waals surface area contributed by atoms with E-state index in [1.54, 1.807) is 0 Å². The minimum absolute atomic E-state index is 0.0496. The zero-order chi connectivity index (χ0) is 13.6. The number of carbonyl (C=O) groups is 1. The number of halogens is 3. The molecule has 0 aromatic carbocycles. The highest BCUT2D eigenvalue weighted by Crippen LogP contribution is 2.43. The number of hydrogen-bond donors (Lipinski definition) is 1. The van der Waals surface area contributed by atoms with Crippen LogP contribution in [0.5, 0.6) is 0 Å². The number of carbonyl (C=O) groups excluding carboxylic acids is 1. The van der Waals surface area contributed by atoms with Crippen molar-refractivity contribution in [1.82, 2.24) is 4.98 Å². The van der Waals surface area contributed by atoms with E-state index in [-0.39, 0.29) is 12.3 Å². The van der Waals surface area contributed by atoms with Crippen LogP contribution in [0.2, 0.25) is 0 Å². The summed E-state index contributed by atoms with van der Waals surface area (Å²) < 4.78 is 42.8. The minimum Gasteiger partial charge on any atom is -0.365 e. The van der Waals surface area contributed by atoms with Crippen LogP contribution in [-0.2, 0) is 16.9 Å². The van der Waals surface area contributed by atoms with Crippen molar-refractivity contribution in [3.63, 3.8) is 0 Å². The highest BCUT2D eigenvalue weighted by atomic mass is 19.4. The van der Waals surface area contributed by atoms with Crippen LogP contribution in [0.3, 0.4) is 0 Å². The first-order chi connectivity index (χ1) is 8.21. The molecule has 1 atom stereocenters. The second kappa shape index (κ2) is 3.94. The lowest BCUT2D eigenvalue weighted by molar-refractivity contribution is -0.184. The van der Waals surface area contributed by atoms with E-state index in [1.165, 1.54) is 19.2 Å². The lowest BCUT2D eigenvalue weighted by atomic mass is 9.91. The van der Waals surface area contributed by atoms with Gasteiger partial charge in [0.15, 0.2) is 0 Å². The highest BCUT2D eigenvalue weighted by Gasteiger charge is 2.45. The number of nitrogens with two attached hydrogens (primary N) is 1. The Morgan fingerprint density at radius 2 is 2.28 bits per heavy atom. The standard InChI is InChI=1S/C11H11F3N2O2/c1-10(5-11(12,13)14)7-2-8(9(15)17)16-3-6(7)4-18-10/h2-3H,4-5H2,1H3,(H2,15,17). The van der Waals surface area contributed by atoms with Crippen molar-refractivity contribution in [2.24, 2.45) is 5.73 Å². The Bertz CT molecular complexity index is 502. The van der Waals surface area contributed by atoms with Gasteiger partial charge in [-0.15, -0.1) is 0 Å². The monoisotopic (exact) mass is 260 g/mol. The summed E-state index contributed by atoms with van der Waals surface area (Å²) in [6, 6.07) is 1.27. The molecule has 0 bridgehead atoms. The first-order valence-electron chi connectivity index (χ1n) is 5.21. The molecule has 1 aliphatic heterocycles. The summed E-state index contributed by atoms with van der Waals surface area (Å²) in [7, 11) is 0. The second-order valence-electron chi connectivity index (χ2n) is 4.40. The molecule has 0 aliphatic carbocycles. The van der Waals surface area contributed by atoms with Gasteiger partial charge in [-0.3, -0.25) is 9.78 Å². The van der Waals surface area contributed by atoms with Crippen LogP contribution in [0.25, 0.3) is 0 Å².